The Morgan fingerprint density at radius 2 is 2.00 bits per heavy atom. The summed E-state index contributed by atoms with van der Waals surface area (Å²) in [6.07, 6.45) is 1.06. The molecule has 0 spiro atoms. The second-order valence-corrected chi connectivity index (χ2v) is 5.91. The highest BCUT2D eigenvalue weighted by Gasteiger charge is 2.31. The van der Waals surface area contributed by atoms with Gasteiger partial charge in [0, 0.05) is 26.7 Å². The topological polar surface area (TPSA) is 56.2 Å². The smallest absolute Gasteiger partial charge is 0.328 e. The molecule has 0 saturated carbocycles. The van der Waals surface area contributed by atoms with Gasteiger partial charge in [0.25, 0.3) is 0 Å². The van der Waals surface area contributed by atoms with E-state index in [1.807, 2.05) is 26.2 Å². The molecule has 1 aromatic heterocycles. The van der Waals surface area contributed by atoms with Crippen molar-refractivity contribution < 1.29 is 0 Å². The van der Waals surface area contributed by atoms with Gasteiger partial charge in [0.15, 0.2) is 0 Å². The summed E-state index contributed by atoms with van der Waals surface area (Å²) in [6.45, 7) is 1.75. The molecule has 2 aromatic rings. The molecule has 3 rings (SSSR count). The van der Waals surface area contributed by atoms with Gasteiger partial charge in [0.2, 0.25) is 0 Å². The molecule has 108 valence electrons. The van der Waals surface area contributed by atoms with Gasteiger partial charge in [-0.15, -0.1) is 0 Å². The minimum atomic E-state index is 0.0310. The number of hydrogen-bond acceptors (Lipinski definition) is 3. The number of para-hydroxylation sites is 1. The fourth-order valence-electron chi connectivity index (χ4n) is 3.52. The molecule has 5 heteroatoms. The monoisotopic (exact) mass is 274 g/mol. The molecule has 1 fully saturated rings. The van der Waals surface area contributed by atoms with Crippen molar-refractivity contribution in [1.29, 1.82) is 0 Å². The number of fused-ring (bicyclic) bond motifs is 1. The van der Waals surface area contributed by atoms with Gasteiger partial charge in [-0.05, 0) is 37.6 Å². The Kier molecular flexibility index (Phi) is 3.18. The van der Waals surface area contributed by atoms with Crippen LogP contribution in [0.3, 0.4) is 0 Å². The third kappa shape index (κ3) is 1.81. The number of aromatic nitrogens is 2. The van der Waals surface area contributed by atoms with Crippen molar-refractivity contribution in [3.63, 3.8) is 0 Å². The molecule has 2 atom stereocenters. The lowest BCUT2D eigenvalue weighted by Crippen LogP contribution is -2.21. The first-order valence-electron chi connectivity index (χ1n) is 7.09. The summed E-state index contributed by atoms with van der Waals surface area (Å²) < 4.78 is 3.47. The molecule has 1 aliphatic rings. The molecule has 0 radical (unpaired) electrons. The fraction of sp³-hybridized carbons (Fsp3) is 0.533. The SMILES string of the molecule is CN1CC(CN)CC1c1cccc2c1n(C)c(=O)n2C. The van der Waals surface area contributed by atoms with Crippen molar-refractivity contribution >= 4 is 11.0 Å². The number of rotatable bonds is 2. The molecule has 1 saturated heterocycles. The number of nitrogens with zero attached hydrogens (tertiary/aromatic N) is 3. The van der Waals surface area contributed by atoms with Crippen LogP contribution in [0.1, 0.15) is 18.0 Å². The normalized spacial score (nSPS) is 23.8. The van der Waals surface area contributed by atoms with E-state index < -0.39 is 0 Å². The summed E-state index contributed by atoms with van der Waals surface area (Å²) in [6, 6.07) is 6.54. The predicted octanol–water partition coefficient (Wildman–Crippen LogP) is 0.828. The zero-order valence-corrected chi connectivity index (χ0v) is 12.3. The molecule has 20 heavy (non-hydrogen) atoms. The second-order valence-electron chi connectivity index (χ2n) is 5.91. The van der Waals surface area contributed by atoms with Crippen LogP contribution in [-0.4, -0.2) is 34.2 Å². The number of imidazole rings is 1. The summed E-state index contributed by atoms with van der Waals surface area (Å²) in [4.78, 5) is 14.5. The molecule has 2 heterocycles. The summed E-state index contributed by atoms with van der Waals surface area (Å²) in [5.74, 6) is 0.543. The van der Waals surface area contributed by atoms with Crippen LogP contribution in [0, 0.1) is 5.92 Å². The first kappa shape index (κ1) is 13.4. The first-order valence-corrected chi connectivity index (χ1v) is 7.09. The molecule has 0 amide bonds. The number of aryl methyl sites for hydroxylation is 2. The first-order chi connectivity index (χ1) is 9.54. The van der Waals surface area contributed by atoms with Gasteiger partial charge >= 0.3 is 5.69 Å². The summed E-state index contributed by atoms with van der Waals surface area (Å²) >= 11 is 0. The molecule has 1 aliphatic heterocycles. The number of likely N-dealkylation sites (tertiary alicyclic amines) is 1. The predicted molar refractivity (Wildman–Crippen MR) is 80.7 cm³/mol. The Morgan fingerprint density at radius 3 is 2.65 bits per heavy atom. The van der Waals surface area contributed by atoms with Crippen molar-refractivity contribution in [2.75, 3.05) is 20.1 Å². The quantitative estimate of drug-likeness (QED) is 0.882. The van der Waals surface area contributed by atoms with E-state index in [4.69, 9.17) is 5.73 Å². The maximum atomic E-state index is 12.1. The van der Waals surface area contributed by atoms with E-state index in [1.54, 1.807) is 9.13 Å². The average Bonchev–Trinajstić information content (AvgIpc) is 2.93. The molecular formula is C15H22N4O. The van der Waals surface area contributed by atoms with Gasteiger partial charge in [0.1, 0.15) is 0 Å². The second kappa shape index (κ2) is 4.75. The van der Waals surface area contributed by atoms with E-state index in [9.17, 15) is 4.79 Å². The zero-order chi connectivity index (χ0) is 14.4. The van der Waals surface area contributed by atoms with Crippen molar-refractivity contribution in [2.24, 2.45) is 25.7 Å². The lowest BCUT2D eigenvalue weighted by molar-refractivity contribution is 0.314. The van der Waals surface area contributed by atoms with Crippen molar-refractivity contribution in [3.8, 4) is 0 Å². The third-order valence-electron chi connectivity index (χ3n) is 4.64. The van der Waals surface area contributed by atoms with Gasteiger partial charge in [-0.25, -0.2) is 4.79 Å². The Hall–Kier alpha value is -1.59. The van der Waals surface area contributed by atoms with Gasteiger partial charge in [0.05, 0.1) is 11.0 Å². The zero-order valence-electron chi connectivity index (χ0n) is 12.3. The van der Waals surface area contributed by atoms with Crippen LogP contribution in [0.5, 0.6) is 0 Å². The highest BCUT2D eigenvalue weighted by Crippen LogP contribution is 2.36. The van der Waals surface area contributed by atoms with E-state index in [1.165, 1.54) is 5.56 Å². The van der Waals surface area contributed by atoms with E-state index in [-0.39, 0.29) is 5.69 Å². The molecule has 0 aliphatic carbocycles. The summed E-state index contributed by atoms with van der Waals surface area (Å²) in [7, 11) is 5.82. The lowest BCUT2D eigenvalue weighted by atomic mass is 9.98. The van der Waals surface area contributed by atoms with E-state index in [2.05, 4.69) is 18.0 Å². The van der Waals surface area contributed by atoms with E-state index >= 15 is 0 Å². The number of benzene rings is 1. The Morgan fingerprint density at radius 1 is 1.25 bits per heavy atom. The van der Waals surface area contributed by atoms with Crippen LogP contribution in [0.4, 0.5) is 0 Å². The van der Waals surface area contributed by atoms with Crippen LogP contribution in [0.25, 0.3) is 11.0 Å². The summed E-state index contributed by atoms with van der Waals surface area (Å²) in [5, 5.41) is 0. The molecular weight excluding hydrogens is 252 g/mol. The highest BCUT2D eigenvalue weighted by molar-refractivity contribution is 5.80. The minimum absolute atomic E-state index is 0.0310. The Balaban J connectivity index is 2.18. The van der Waals surface area contributed by atoms with Gasteiger partial charge in [-0.2, -0.15) is 0 Å². The fourth-order valence-corrected chi connectivity index (χ4v) is 3.52. The van der Waals surface area contributed by atoms with Crippen molar-refractivity contribution in [3.05, 3.63) is 34.2 Å². The molecule has 1 aromatic carbocycles. The largest absolute Gasteiger partial charge is 0.330 e. The highest BCUT2D eigenvalue weighted by atomic mass is 16.1. The van der Waals surface area contributed by atoms with Crippen molar-refractivity contribution in [2.45, 2.75) is 12.5 Å². The van der Waals surface area contributed by atoms with E-state index in [0.717, 1.165) is 30.5 Å². The van der Waals surface area contributed by atoms with Crippen LogP contribution in [0.2, 0.25) is 0 Å². The van der Waals surface area contributed by atoms with Crippen LogP contribution in [0.15, 0.2) is 23.0 Å². The minimum Gasteiger partial charge on any atom is -0.330 e. The number of hydrogen-bond donors (Lipinski definition) is 1. The third-order valence-corrected chi connectivity index (χ3v) is 4.64. The average molecular weight is 274 g/mol. The van der Waals surface area contributed by atoms with Crippen LogP contribution in [-0.2, 0) is 14.1 Å². The van der Waals surface area contributed by atoms with Crippen LogP contribution >= 0.6 is 0 Å². The maximum absolute atomic E-state index is 12.1. The maximum Gasteiger partial charge on any atom is 0.328 e. The number of nitrogens with two attached hydrogens (primary N) is 1. The van der Waals surface area contributed by atoms with Gasteiger partial charge < -0.3 is 5.73 Å². The van der Waals surface area contributed by atoms with Crippen molar-refractivity contribution in [1.82, 2.24) is 14.0 Å². The standard InChI is InChI=1S/C15H22N4O/c1-17-9-10(8-16)7-13(17)11-5-4-6-12-14(11)19(3)15(20)18(12)2/h4-6,10,13H,7-9,16H2,1-3H3. The molecule has 2 N–H and O–H groups in total. The lowest BCUT2D eigenvalue weighted by Gasteiger charge is -2.20. The molecule has 2 unspecified atom stereocenters. The van der Waals surface area contributed by atoms with Gasteiger partial charge in [-0.1, -0.05) is 12.1 Å². The van der Waals surface area contributed by atoms with E-state index in [0.29, 0.717) is 12.0 Å². The van der Waals surface area contributed by atoms with Crippen LogP contribution < -0.4 is 11.4 Å². The Bertz CT molecular complexity index is 700. The van der Waals surface area contributed by atoms with Gasteiger partial charge in [-0.3, -0.25) is 14.0 Å². The summed E-state index contributed by atoms with van der Waals surface area (Å²) in [5.41, 5.74) is 9.14. The molecule has 5 nitrogen and oxygen atoms in total. The molecule has 0 bridgehead atoms. The Labute approximate surface area is 118 Å².